The standard InChI is InChI=1S/C23H33N3O3S/c1-25-15-21(16-26(12-13-27)22-11-14-30(28,29)17-22)23(24-25)20-9-7-19(8-10-20)18-5-3-2-4-6-18/h7-10,15,18,22,27H,2-6,11-14,16-17H2,1H3. The van der Waals surface area contributed by atoms with Gasteiger partial charge in [0.05, 0.1) is 23.8 Å². The zero-order chi connectivity index (χ0) is 21.1. The summed E-state index contributed by atoms with van der Waals surface area (Å²) in [6, 6.07) is 8.81. The van der Waals surface area contributed by atoms with Crippen molar-refractivity contribution >= 4 is 9.84 Å². The molecular formula is C23H33N3O3S. The number of hydrogen-bond donors (Lipinski definition) is 1. The summed E-state index contributed by atoms with van der Waals surface area (Å²) in [6.07, 6.45) is 9.23. The van der Waals surface area contributed by atoms with Gasteiger partial charge in [0.2, 0.25) is 0 Å². The van der Waals surface area contributed by atoms with Crippen LogP contribution in [0.2, 0.25) is 0 Å². The molecule has 0 amide bonds. The lowest BCUT2D eigenvalue weighted by molar-refractivity contribution is 0.154. The van der Waals surface area contributed by atoms with Crippen LogP contribution in [-0.2, 0) is 23.4 Å². The Bertz CT molecular complexity index is 947. The van der Waals surface area contributed by atoms with Gasteiger partial charge in [0.25, 0.3) is 0 Å². The van der Waals surface area contributed by atoms with E-state index in [-0.39, 0.29) is 24.2 Å². The van der Waals surface area contributed by atoms with Crippen molar-refractivity contribution in [3.63, 3.8) is 0 Å². The Labute approximate surface area is 179 Å². The van der Waals surface area contributed by atoms with E-state index >= 15 is 0 Å². The molecule has 2 fully saturated rings. The Morgan fingerprint density at radius 2 is 1.87 bits per heavy atom. The highest BCUT2D eigenvalue weighted by molar-refractivity contribution is 7.91. The quantitative estimate of drug-likeness (QED) is 0.729. The predicted molar refractivity (Wildman–Crippen MR) is 119 cm³/mol. The van der Waals surface area contributed by atoms with E-state index in [4.69, 9.17) is 5.10 Å². The van der Waals surface area contributed by atoms with Crippen molar-refractivity contribution in [2.24, 2.45) is 7.05 Å². The maximum Gasteiger partial charge on any atom is 0.151 e. The normalized spacial score (nSPS) is 22.0. The molecule has 0 spiro atoms. The Morgan fingerprint density at radius 3 is 2.50 bits per heavy atom. The Hall–Kier alpha value is -1.70. The molecular weight excluding hydrogens is 398 g/mol. The molecule has 4 rings (SSSR count). The Balaban J connectivity index is 1.54. The molecule has 6 nitrogen and oxygen atoms in total. The van der Waals surface area contributed by atoms with E-state index in [0.717, 1.165) is 16.8 Å². The molecule has 1 saturated heterocycles. The zero-order valence-corrected chi connectivity index (χ0v) is 18.6. The number of rotatable bonds is 7. The smallest absolute Gasteiger partial charge is 0.151 e. The number of benzene rings is 1. The van der Waals surface area contributed by atoms with Crippen LogP contribution in [0.4, 0.5) is 0 Å². The minimum Gasteiger partial charge on any atom is -0.395 e. The van der Waals surface area contributed by atoms with Crippen LogP contribution in [-0.4, -0.2) is 58.9 Å². The third-order valence-corrected chi connectivity index (χ3v) is 8.40. The Morgan fingerprint density at radius 1 is 1.13 bits per heavy atom. The average Bonchev–Trinajstić information content (AvgIpc) is 3.30. The molecule has 2 aliphatic rings. The van der Waals surface area contributed by atoms with Crippen molar-refractivity contribution in [2.45, 2.75) is 57.0 Å². The minimum atomic E-state index is -2.97. The lowest BCUT2D eigenvalue weighted by Crippen LogP contribution is -2.37. The fraction of sp³-hybridized carbons (Fsp3) is 0.609. The second-order valence-corrected chi connectivity index (χ2v) is 11.1. The highest BCUT2D eigenvalue weighted by Gasteiger charge is 2.32. The van der Waals surface area contributed by atoms with Crippen molar-refractivity contribution < 1.29 is 13.5 Å². The molecule has 0 radical (unpaired) electrons. The van der Waals surface area contributed by atoms with Crippen LogP contribution in [0.25, 0.3) is 11.3 Å². The molecule has 7 heteroatoms. The van der Waals surface area contributed by atoms with Gasteiger partial charge in [-0.05, 0) is 30.7 Å². The number of aryl methyl sites for hydroxylation is 1. The fourth-order valence-electron chi connectivity index (χ4n) is 5.05. The van der Waals surface area contributed by atoms with Crippen LogP contribution >= 0.6 is 0 Å². The predicted octanol–water partition coefficient (Wildman–Crippen LogP) is 3.12. The molecule has 2 heterocycles. The summed E-state index contributed by atoms with van der Waals surface area (Å²) < 4.78 is 25.7. The van der Waals surface area contributed by atoms with Crippen LogP contribution in [0.3, 0.4) is 0 Å². The van der Waals surface area contributed by atoms with Gasteiger partial charge in [-0.15, -0.1) is 0 Å². The first-order valence-corrected chi connectivity index (χ1v) is 13.0. The van der Waals surface area contributed by atoms with Crippen molar-refractivity contribution in [1.82, 2.24) is 14.7 Å². The highest BCUT2D eigenvalue weighted by Crippen LogP contribution is 2.34. The minimum absolute atomic E-state index is 0.0161. The van der Waals surface area contributed by atoms with E-state index in [1.165, 1.54) is 37.7 Å². The molecule has 1 aromatic carbocycles. The molecule has 1 N–H and O–H groups in total. The summed E-state index contributed by atoms with van der Waals surface area (Å²) in [7, 11) is -1.05. The maximum atomic E-state index is 12.0. The molecule has 1 saturated carbocycles. The molecule has 1 atom stereocenters. The van der Waals surface area contributed by atoms with Gasteiger partial charge in [0.1, 0.15) is 0 Å². The molecule has 1 aromatic heterocycles. The molecule has 1 unspecified atom stereocenters. The summed E-state index contributed by atoms with van der Waals surface area (Å²) in [4.78, 5) is 2.10. The van der Waals surface area contributed by atoms with Gasteiger partial charge in [-0.1, -0.05) is 43.5 Å². The average molecular weight is 432 g/mol. The van der Waals surface area contributed by atoms with Gasteiger partial charge in [-0.2, -0.15) is 5.10 Å². The Kier molecular flexibility index (Phi) is 6.60. The first kappa shape index (κ1) is 21.5. The molecule has 2 aromatic rings. The first-order valence-electron chi connectivity index (χ1n) is 11.1. The number of aliphatic hydroxyl groups is 1. The fourth-order valence-corrected chi connectivity index (χ4v) is 6.81. The second-order valence-electron chi connectivity index (χ2n) is 8.88. The third kappa shape index (κ3) is 4.95. The maximum absolute atomic E-state index is 12.0. The van der Waals surface area contributed by atoms with E-state index in [1.807, 2.05) is 17.9 Å². The molecule has 30 heavy (non-hydrogen) atoms. The van der Waals surface area contributed by atoms with Gasteiger partial charge in [0, 0.05) is 43.5 Å². The molecule has 164 valence electrons. The lowest BCUT2D eigenvalue weighted by Gasteiger charge is -2.27. The number of nitrogens with zero attached hydrogens (tertiary/aromatic N) is 3. The van der Waals surface area contributed by atoms with Gasteiger partial charge < -0.3 is 5.11 Å². The summed E-state index contributed by atoms with van der Waals surface area (Å²) in [6.45, 7) is 1.08. The van der Waals surface area contributed by atoms with Crippen LogP contribution in [0.1, 0.15) is 55.6 Å². The van der Waals surface area contributed by atoms with Crippen LogP contribution < -0.4 is 0 Å². The molecule has 0 bridgehead atoms. The van der Waals surface area contributed by atoms with Gasteiger partial charge in [-0.25, -0.2) is 8.42 Å². The summed E-state index contributed by atoms with van der Waals surface area (Å²) in [5, 5.41) is 14.2. The van der Waals surface area contributed by atoms with Crippen molar-refractivity contribution in [3.8, 4) is 11.3 Å². The topological polar surface area (TPSA) is 75.4 Å². The first-order chi connectivity index (χ1) is 14.4. The van der Waals surface area contributed by atoms with Gasteiger partial charge in [-0.3, -0.25) is 9.58 Å². The monoisotopic (exact) mass is 431 g/mol. The van der Waals surface area contributed by atoms with Crippen molar-refractivity contribution in [3.05, 3.63) is 41.6 Å². The number of hydrogen-bond acceptors (Lipinski definition) is 5. The molecule has 1 aliphatic carbocycles. The van der Waals surface area contributed by atoms with E-state index in [0.29, 0.717) is 25.4 Å². The second kappa shape index (κ2) is 9.20. The zero-order valence-electron chi connectivity index (χ0n) is 17.8. The third-order valence-electron chi connectivity index (χ3n) is 6.65. The largest absolute Gasteiger partial charge is 0.395 e. The van der Waals surface area contributed by atoms with Crippen molar-refractivity contribution in [1.29, 1.82) is 0 Å². The van der Waals surface area contributed by atoms with Crippen molar-refractivity contribution in [2.75, 3.05) is 24.7 Å². The summed E-state index contributed by atoms with van der Waals surface area (Å²) in [5.74, 6) is 1.10. The van der Waals surface area contributed by atoms with E-state index < -0.39 is 9.84 Å². The SMILES string of the molecule is Cn1cc(CN(CCO)C2CCS(=O)(=O)C2)c(-c2ccc(C3CCCCC3)cc2)n1. The van der Waals surface area contributed by atoms with Gasteiger partial charge >= 0.3 is 0 Å². The van der Waals surface area contributed by atoms with Crippen LogP contribution in [0, 0.1) is 0 Å². The number of aromatic nitrogens is 2. The van der Waals surface area contributed by atoms with Gasteiger partial charge in [0.15, 0.2) is 9.84 Å². The summed E-state index contributed by atoms with van der Waals surface area (Å²) >= 11 is 0. The highest BCUT2D eigenvalue weighted by atomic mass is 32.2. The van der Waals surface area contributed by atoms with Crippen LogP contribution in [0.15, 0.2) is 30.5 Å². The lowest BCUT2D eigenvalue weighted by atomic mass is 9.84. The van der Waals surface area contributed by atoms with E-state index in [2.05, 4.69) is 29.2 Å². The van der Waals surface area contributed by atoms with Crippen LogP contribution in [0.5, 0.6) is 0 Å². The summed E-state index contributed by atoms with van der Waals surface area (Å²) in [5.41, 5.74) is 4.53. The molecule has 1 aliphatic heterocycles. The number of aliphatic hydroxyl groups excluding tert-OH is 1. The van der Waals surface area contributed by atoms with E-state index in [9.17, 15) is 13.5 Å². The van der Waals surface area contributed by atoms with E-state index in [1.54, 1.807) is 0 Å². The number of sulfone groups is 1.